The molecule has 1 heterocycles. The van der Waals surface area contributed by atoms with E-state index in [1.807, 2.05) is 36.4 Å². The molecule has 0 spiro atoms. The Morgan fingerprint density at radius 2 is 1.86 bits per heavy atom. The summed E-state index contributed by atoms with van der Waals surface area (Å²) >= 11 is 0. The zero-order valence-electron chi connectivity index (χ0n) is 12.7. The van der Waals surface area contributed by atoms with E-state index in [2.05, 4.69) is 15.3 Å². The van der Waals surface area contributed by atoms with Crippen LogP contribution in [0.15, 0.2) is 42.7 Å². The third-order valence-electron chi connectivity index (χ3n) is 4.21. The van der Waals surface area contributed by atoms with Crippen LogP contribution in [0.3, 0.4) is 0 Å². The molecule has 1 aromatic carbocycles. The Labute approximate surface area is 131 Å². The zero-order valence-corrected chi connectivity index (χ0v) is 12.7. The fourth-order valence-corrected chi connectivity index (χ4v) is 2.95. The van der Waals surface area contributed by atoms with E-state index in [0.29, 0.717) is 6.54 Å². The minimum atomic E-state index is 0.166. The molecule has 4 nitrogen and oxygen atoms in total. The predicted octanol–water partition coefficient (Wildman–Crippen LogP) is 3.34. The summed E-state index contributed by atoms with van der Waals surface area (Å²) in [5.74, 6) is 0.351. The van der Waals surface area contributed by atoms with Gasteiger partial charge >= 0.3 is 0 Å². The summed E-state index contributed by atoms with van der Waals surface area (Å²) in [5, 5.41) is 3.02. The number of hydrogen-bond donors (Lipinski definition) is 1. The highest BCUT2D eigenvalue weighted by Gasteiger charge is 2.20. The van der Waals surface area contributed by atoms with Gasteiger partial charge in [0.15, 0.2) is 0 Å². The average molecular weight is 295 g/mol. The number of nitrogens with one attached hydrogen (secondary N) is 1. The molecule has 2 aromatic rings. The number of amides is 1. The van der Waals surface area contributed by atoms with Crippen LogP contribution in [-0.2, 0) is 11.3 Å². The minimum Gasteiger partial charge on any atom is -0.350 e. The maximum atomic E-state index is 12.2. The molecule has 1 aliphatic rings. The third kappa shape index (κ3) is 3.70. The fraction of sp³-hybridized carbons (Fsp3) is 0.389. The summed E-state index contributed by atoms with van der Waals surface area (Å²) in [6, 6.07) is 11.9. The molecule has 0 saturated heterocycles. The molecule has 0 radical (unpaired) electrons. The minimum absolute atomic E-state index is 0.166. The molecule has 1 saturated carbocycles. The van der Waals surface area contributed by atoms with Crippen LogP contribution in [0.4, 0.5) is 0 Å². The van der Waals surface area contributed by atoms with Gasteiger partial charge < -0.3 is 5.32 Å². The molecule has 1 amide bonds. The second kappa shape index (κ2) is 7.16. The van der Waals surface area contributed by atoms with E-state index in [9.17, 15) is 4.79 Å². The van der Waals surface area contributed by atoms with Gasteiger partial charge in [0.25, 0.3) is 0 Å². The standard InChI is InChI=1S/C18H21N3O/c22-18(15-9-5-2-6-10-15)19-12-16-11-17(21-13-20-16)14-7-3-1-4-8-14/h1,3-4,7-8,11,13,15H,2,5-6,9-10,12H2,(H,19,22). The lowest BCUT2D eigenvalue weighted by molar-refractivity contribution is -0.126. The molecule has 1 aromatic heterocycles. The molecule has 1 N–H and O–H groups in total. The SMILES string of the molecule is O=C(NCc1cc(-c2ccccc2)ncn1)C1CCCCC1. The van der Waals surface area contributed by atoms with Gasteiger partial charge in [-0.3, -0.25) is 4.79 Å². The number of aromatic nitrogens is 2. The van der Waals surface area contributed by atoms with Crippen molar-refractivity contribution in [2.45, 2.75) is 38.6 Å². The molecule has 4 heteroatoms. The van der Waals surface area contributed by atoms with Crippen molar-refractivity contribution in [2.24, 2.45) is 5.92 Å². The molecule has 0 atom stereocenters. The molecule has 114 valence electrons. The van der Waals surface area contributed by atoms with Crippen molar-refractivity contribution in [1.82, 2.24) is 15.3 Å². The van der Waals surface area contributed by atoms with Crippen molar-refractivity contribution in [2.75, 3.05) is 0 Å². The van der Waals surface area contributed by atoms with Crippen molar-refractivity contribution < 1.29 is 4.79 Å². The highest BCUT2D eigenvalue weighted by Crippen LogP contribution is 2.23. The van der Waals surface area contributed by atoms with E-state index in [1.165, 1.54) is 19.3 Å². The molecule has 3 rings (SSSR count). The maximum absolute atomic E-state index is 12.2. The fourth-order valence-electron chi connectivity index (χ4n) is 2.95. The van der Waals surface area contributed by atoms with Crippen molar-refractivity contribution in [3.05, 3.63) is 48.4 Å². The first-order valence-corrected chi connectivity index (χ1v) is 7.97. The van der Waals surface area contributed by atoms with Crippen LogP contribution in [-0.4, -0.2) is 15.9 Å². The van der Waals surface area contributed by atoms with Crippen molar-refractivity contribution in [3.63, 3.8) is 0 Å². The van der Waals surface area contributed by atoms with E-state index >= 15 is 0 Å². The van der Waals surface area contributed by atoms with Gasteiger partial charge in [0.2, 0.25) is 5.91 Å². The third-order valence-corrected chi connectivity index (χ3v) is 4.21. The lowest BCUT2D eigenvalue weighted by Crippen LogP contribution is -2.31. The van der Waals surface area contributed by atoms with Crippen LogP contribution < -0.4 is 5.32 Å². The van der Waals surface area contributed by atoms with Gasteiger partial charge in [0, 0.05) is 11.5 Å². The monoisotopic (exact) mass is 295 g/mol. The van der Waals surface area contributed by atoms with Gasteiger partial charge in [-0.15, -0.1) is 0 Å². The van der Waals surface area contributed by atoms with E-state index in [4.69, 9.17) is 0 Å². The van der Waals surface area contributed by atoms with Gasteiger partial charge in [-0.2, -0.15) is 0 Å². The number of nitrogens with zero attached hydrogens (tertiary/aromatic N) is 2. The van der Waals surface area contributed by atoms with Crippen molar-refractivity contribution in [3.8, 4) is 11.3 Å². The molecule has 22 heavy (non-hydrogen) atoms. The highest BCUT2D eigenvalue weighted by atomic mass is 16.1. The first kappa shape index (κ1) is 14.7. The summed E-state index contributed by atoms with van der Waals surface area (Å²) in [6.07, 6.45) is 7.20. The van der Waals surface area contributed by atoms with Gasteiger partial charge in [0.05, 0.1) is 17.9 Å². The number of rotatable bonds is 4. The normalized spacial score (nSPS) is 15.5. The number of benzene rings is 1. The van der Waals surface area contributed by atoms with E-state index in [1.54, 1.807) is 6.33 Å². The van der Waals surface area contributed by atoms with Gasteiger partial charge in [-0.1, -0.05) is 49.6 Å². The largest absolute Gasteiger partial charge is 0.350 e. The summed E-state index contributed by atoms with van der Waals surface area (Å²) in [7, 11) is 0. The summed E-state index contributed by atoms with van der Waals surface area (Å²) in [5.41, 5.74) is 2.79. The number of carbonyl (C=O) groups is 1. The maximum Gasteiger partial charge on any atom is 0.223 e. The predicted molar refractivity (Wildman–Crippen MR) is 85.9 cm³/mol. The molecule has 0 unspecified atom stereocenters. The average Bonchev–Trinajstić information content (AvgIpc) is 2.61. The Morgan fingerprint density at radius 1 is 1.09 bits per heavy atom. The summed E-state index contributed by atoms with van der Waals surface area (Å²) in [6.45, 7) is 0.470. The molecule has 0 bridgehead atoms. The van der Waals surface area contributed by atoms with Crippen LogP contribution in [0.5, 0.6) is 0 Å². The summed E-state index contributed by atoms with van der Waals surface area (Å²) in [4.78, 5) is 20.7. The number of carbonyl (C=O) groups excluding carboxylic acids is 1. The second-order valence-corrected chi connectivity index (χ2v) is 5.81. The van der Waals surface area contributed by atoms with Crippen LogP contribution >= 0.6 is 0 Å². The van der Waals surface area contributed by atoms with E-state index in [0.717, 1.165) is 29.8 Å². The summed E-state index contributed by atoms with van der Waals surface area (Å²) < 4.78 is 0. The molecule has 1 fully saturated rings. The van der Waals surface area contributed by atoms with Gasteiger partial charge in [-0.25, -0.2) is 9.97 Å². The second-order valence-electron chi connectivity index (χ2n) is 5.81. The van der Waals surface area contributed by atoms with Crippen molar-refractivity contribution >= 4 is 5.91 Å². The molecule has 1 aliphatic carbocycles. The first-order chi connectivity index (χ1) is 10.8. The molecular weight excluding hydrogens is 274 g/mol. The van der Waals surface area contributed by atoms with Crippen molar-refractivity contribution in [1.29, 1.82) is 0 Å². The Bertz CT molecular complexity index is 621. The van der Waals surface area contributed by atoms with Crippen LogP contribution in [0, 0.1) is 5.92 Å². The van der Waals surface area contributed by atoms with Crippen LogP contribution in [0.25, 0.3) is 11.3 Å². The smallest absolute Gasteiger partial charge is 0.223 e. The Kier molecular flexibility index (Phi) is 4.78. The van der Waals surface area contributed by atoms with E-state index in [-0.39, 0.29) is 11.8 Å². The van der Waals surface area contributed by atoms with Crippen LogP contribution in [0.2, 0.25) is 0 Å². The quantitative estimate of drug-likeness (QED) is 0.941. The Balaban J connectivity index is 1.62. The van der Waals surface area contributed by atoms with Crippen LogP contribution in [0.1, 0.15) is 37.8 Å². The Hall–Kier alpha value is -2.23. The molecular formula is C18H21N3O. The zero-order chi connectivity index (χ0) is 15.2. The lowest BCUT2D eigenvalue weighted by atomic mass is 9.89. The number of hydrogen-bond acceptors (Lipinski definition) is 3. The van der Waals surface area contributed by atoms with E-state index < -0.39 is 0 Å². The van der Waals surface area contributed by atoms with Gasteiger partial charge in [0.1, 0.15) is 6.33 Å². The Morgan fingerprint density at radius 3 is 2.64 bits per heavy atom. The highest BCUT2D eigenvalue weighted by molar-refractivity contribution is 5.78. The lowest BCUT2D eigenvalue weighted by Gasteiger charge is -2.20. The van der Waals surface area contributed by atoms with Gasteiger partial charge in [-0.05, 0) is 18.9 Å². The topological polar surface area (TPSA) is 54.9 Å². The molecule has 0 aliphatic heterocycles. The first-order valence-electron chi connectivity index (χ1n) is 7.97.